The zero-order chi connectivity index (χ0) is 22.9. The van der Waals surface area contributed by atoms with Crippen LogP contribution in [-0.2, 0) is 30.5 Å². The fraction of sp³-hybridized carbons (Fsp3) is 0.250. The van der Waals surface area contributed by atoms with Crippen LogP contribution in [0.15, 0.2) is 66.0 Å². The van der Waals surface area contributed by atoms with E-state index < -0.39 is 0 Å². The number of aromatic nitrogens is 1. The first-order valence-corrected chi connectivity index (χ1v) is 12.6. The minimum absolute atomic E-state index is 0.0911. The van der Waals surface area contributed by atoms with Crippen molar-refractivity contribution >= 4 is 17.2 Å². The van der Waals surface area contributed by atoms with Crippen LogP contribution in [0.2, 0.25) is 0 Å². The van der Waals surface area contributed by atoms with E-state index in [-0.39, 0.29) is 12.7 Å². The molecule has 34 heavy (non-hydrogen) atoms. The van der Waals surface area contributed by atoms with Gasteiger partial charge in [0.15, 0.2) is 11.5 Å². The molecule has 1 aliphatic heterocycles. The Morgan fingerprint density at radius 2 is 1.82 bits per heavy atom. The zero-order valence-electron chi connectivity index (χ0n) is 18.9. The van der Waals surface area contributed by atoms with E-state index in [9.17, 15) is 4.79 Å². The number of ether oxygens (including phenoxy) is 2. The van der Waals surface area contributed by atoms with Crippen molar-refractivity contribution in [1.29, 1.82) is 0 Å². The third-order valence-electron chi connectivity index (χ3n) is 6.59. The van der Waals surface area contributed by atoms with Crippen LogP contribution in [0, 0.1) is 0 Å². The van der Waals surface area contributed by atoms with E-state index >= 15 is 0 Å². The summed E-state index contributed by atoms with van der Waals surface area (Å²) in [7, 11) is 0. The standard InChI is InChI=1S/C28H26N2O3S/c31-27(29-14-13-23-5-3-15-34-23)12-10-21-16-20-8-7-19-4-1-2-6-24(19)28(20)30(21)22-9-11-25-26(17-22)33-18-32-25/h1-6,9,11,15-17H,7-8,10,12-14,18H2,(H,29,31). The van der Waals surface area contributed by atoms with Gasteiger partial charge in [0.1, 0.15) is 0 Å². The summed E-state index contributed by atoms with van der Waals surface area (Å²) in [6.45, 7) is 0.927. The third-order valence-corrected chi connectivity index (χ3v) is 7.52. The van der Waals surface area contributed by atoms with Gasteiger partial charge in [0, 0.05) is 40.9 Å². The number of carbonyl (C=O) groups excluding carboxylic acids is 1. The number of nitrogens with one attached hydrogen (secondary N) is 1. The highest BCUT2D eigenvalue weighted by Crippen LogP contribution is 2.40. The smallest absolute Gasteiger partial charge is 0.231 e. The second-order valence-corrected chi connectivity index (χ2v) is 9.75. The Morgan fingerprint density at radius 1 is 0.941 bits per heavy atom. The monoisotopic (exact) mass is 470 g/mol. The molecule has 5 nitrogen and oxygen atoms in total. The van der Waals surface area contributed by atoms with Crippen molar-refractivity contribution in [2.45, 2.75) is 32.1 Å². The molecule has 2 aromatic carbocycles. The summed E-state index contributed by atoms with van der Waals surface area (Å²) in [6.07, 6.45) is 4.05. The van der Waals surface area contributed by atoms with Gasteiger partial charge in [-0.2, -0.15) is 0 Å². The van der Waals surface area contributed by atoms with E-state index in [0.29, 0.717) is 19.4 Å². The van der Waals surface area contributed by atoms with E-state index in [1.807, 2.05) is 18.2 Å². The molecule has 4 aromatic rings. The van der Waals surface area contributed by atoms with E-state index in [2.05, 4.69) is 57.7 Å². The summed E-state index contributed by atoms with van der Waals surface area (Å²) >= 11 is 1.73. The molecule has 1 aliphatic carbocycles. The van der Waals surface area contributed by atoms with Crippen molar-refractivity contribution < 1.29 is 14.3 Å². The molecule has 0 bridgehead atoms. The Hall–Kier alpha value is -3.51. The number of nitrogens with zero attached hydrogens (tertiary/aromatic N) is 1. The maximum atomic E-state index is 12.6. The molecular weight excluding hydrogens is 444 g/mol. The third kappa shape index (κ3) is 3.99. The fourth-order valence-electron chi connectivity index (χ4n) is 4.96. The normalized spacial score (nSPS) is 13.4. The van der Waals surface area contributed by atoms with Gasteiger partial charge in [-0.25, -0.2) is 0 Å². The number of hydrogen-bond donors (Lipinski definition) is 1. The number of rotatable bonds is 7. The minimum atomic E-state index is 0.0911. The second kappa shape index (κ2) is 9.03. The van der Waals surface area contributed by atoms with E-state index in [0.717, 1.165) is 42.1 Å². The summed E-state index contributed by atoms with van der Waals surface area (Å²) in [5.41, 5.74) is 7.39. The Kier molecular flexibility index (Phi) is 5.59. The average Bonchev–Trinajstić information content (AvgIpc) is 3.61. The predicted octanol–water partition coefficient (Wildman–Crippen LogP) is 5.32. The lowest BCUT2D eigenvalue weighted by atomic mass is 9.90. The van der Waals surface area contributed by atoms with Crippen LogP contribution in [0.5, 0.6) is 11.5 Å². The van der Waals surface area contributed by atoms with Crippen LogP contribution in [0.4, 0.5) is 0 Å². The highest BCUT2D eigenvalue weighted by Gasteiger charge is 2.25. The molecule has 0 saturated heterocycles. The number of amides is 1. The van der Waals surface area contributed by atoms with Crippen molar-refractivity contribution in [3.05, 3.63) is 87.7 Å². The van der Waals surface area contributed by atoms with Crippen molar-refractivity contribution in [2.24, 2.45) is 0 Å². The molecule has 1 N–H and O–H groups in total. The van der Waals surface area contributed by atoms with Gasteiger partial charge in [-0.1, -0.05) is 30.3 Å². The summed E-state index contributed by atoms with van der Waals surface area (Å²) < 4.78 is 13.5. The van der Waals surface area contributed by atoms with E-state index in [4.69, 9.17) is 9.47 Å². The number of hydrogen-bond acceptors (Lipinski definition) is 4. The lowest BCUT2D eigenvalue weighted by molar-refractivity contribution is -0.121. The molecule has 172 valence electrons. The van der Waals surface area contributed by atoms with Gasteiger partial charge in [0.05, 0.1) is 5.69 Å². The molecule has 6 rings (SSSR count). The number of thiophene rings is 1. The highest BCUT2D eigenvalue weighted by molar-refractivity contribution is 7.09. The molecule has 0 spiro atoms. The van der Waals surface area contributed by atoms with Gasteiger partial charge in [-0.05, 0) is 66.5 Å². The number of aryl methyl sites for hydroxylation is 3. The molecule has 0 radical (unpaired) electrons. The van der Waals surface area contributed by atoms with Crippen LogP contribution >= 0.6 is 11.3 Å². The van der Waals surface area contributed by atoms with E-state index in [1.165, 1.54) is 27.3 Å². The summed E-state index contributed by atoms with van der Waals surface area (Å²) in [6, 6.07) is 21.2. The average molecular weight is 471 g/mol. The first-order chi connectivity index (χ1) is 16.8. The highest BCUT2D eigenvalue weighted by atomic mass is 32.1. The van der Waals surface area contributed by atoms with Gasteiger partial charge >= 0.3 is 0 Å². The molecular formula is C28H26N2O3S. The molecule has 0 saturated carbocycles. The van der Waals surface area contributed by atoms with Gasteiger partial charge in [0.2, 0.25) is 12.7 Å². The lowest BCUT2D eigenvalue weighted by Crippen LogP contribution is -2.25. The number of carbonyl (C=O) groups is 1. The van der Waals surface area contributed by atoms with Gasteiger partial charge in [-0.3, -0.25) is 4.79 Å². The molecule has 0 fully saturated rings. The van der Waals surface area contributed by atoms with Gasteiger partial charge in [0.25, 0.3) is 0 Å². The molecule has 2 aromatic heterocycles. The van der Waals surface area contributed by atoms with Crippen LogP contribution in [0.25, 0.3) is 16.9 Å². The molecule has 1 amide bonds. The van der Waals surface area contributed by atoms with Crippen molar-refractivity contribution in [1.82, 2.24) is 9.88 Å². The topological polar surface area (TPSA) is 52.5 Å². The first kappa shape index (κ1) is 21.1. The quantitative estimate of drug-likeness (QED) is 0.398. The maximum Gasteiger partial charge on any atom is 0.231 e. The molecule has 0 unspecified atom stereocenters. The maximum absolute atomic E-state index is 12.6. The predicted molar refractivity (Wildman–Crippen MR) is 134 cm³/mol. The summed E-state index contributed by atoms with van der Waals surface area (Å²) in [4.78, 5) is 13.9. The molecule has 2 aliphatic rings. The zero-order valence-corrected chi connectivity index (χ0v) is 19.7. The Balaban J connectivity index is 1.29. The minimum Gasteiger partial charge on any atom is -0.454 e. The van der Waals surface area contributed by atoms with Crippen molar-refractivity contribution in [3.63, 3.8) is 0 Å². The SMILES string of the molecule is O=C(CCc1cc2c(n1-c1ccc3c(c1)OCO3)-c1ccccc1CC2)NCCc1cccs1. The number of fused-ring (bicyclic) bond motifs is 4. The summed E-state index contributed by atoms with van der Waals surface area (Å²) in [5, 5.41) is 5.15. The Bertz CT molecular complexity index is 1340. The second-order valence-electron chi connectivity index (χ2n) is 8.72. The Labute approximate surface area is 203 Å². The molecule has 6 heteroatoms. The van der Waals surface area contributed by atoms with Crippen LogP contribution in [-0.4, -0.2) is 23.8 Å². The van der Waals surface area contributed by atoms with Crippen LogP contribution in [0.3, 0.4) is 0 Å². The fourth-order valence-corrected chi connectivity index (χ4v) is 5.67. The van der Waals surface area contributed by atoms with Gasteiger partial charge in [-0.15, -0.1) is 11.3 Å². The largest absolute Gasteiger partial charge is 0.454 e. The summed E-state index contributed by atoms with van der Waals surface area (Å²) in [5.74, 6) is 1.63. The number of benzene rings is 2. The van der Waals surface area contributed by atoms with Gasteiger partial charge < -0.3 is 19.4 Å². The van der Waals surface area contributed by atoms with Crippen molar-refractivity contribution in [3.8, 4) is 28.4 Å². The van der Waals surface area contributed by atoms with E-state index in [1.54, 1.807) is 11.3 Å². The van der Waals surface area contributed by atoms with Crippen LogP contribution < -0.4 is 14.8 Å². The first-order valence-electron chi connectivity index (χ1n) is 11.8. The van der Waals surface area contributed by atoms with Crippen molar-refractivity contribution in [2.75, 3.05) is 13.3 Å². The lowest BCUT2D eigenvalue weighted by Gasteiger charge is -2.21. The van der Waals surface area contributed by atoms with Crippen LogP contribution in [0.1, 0.15) is 28.1 Å². The molecule has 0 atom stereocenters. The molecule has 3 heterocycles. The Morgan fingerprint density at radius 3 is 2.74 bits per heavy atom.